The summed E-state index contributed by atoms with van der Waals surface area (Å²) < 4.78 is 0. The monoisotopic (exact) mass is 371 g/mol. The highest BCUT2D eigenvalue weighted by Gasteiger charge is 2.29. The first-order chi connectivity index (χ1) is 13.0. The molecular formula is C25H41NO. The number of benzene rings is 1. The molecule has 0 spiro atoms. The van der Waals surface area contributed by atoms with Crippen LogP contribution in [0.25, 0.3) is 0 Å². The Morgan fingerprint density at radius 1 is 0.778 bits per heavy atom. The molecule has 1 aromatic carbocycles. The summed E-state index contributed by atoms with van der Waals surface area (Å²) in [6.45, 7) is 9.85. The summed E-state index contributed by atoms with van der Waals surface area (Å²) in [6.07, 6.45) is 14.0. The van der Waals surface area contributed by atoms with Gasteiger partial charge >= 0.3 is 0 Å². The van der Waals surface area contributed by atoms with Crippen LogP contribution in [0.5, 0.6) is 5.75 Å². The van der Waals surface area contributed by atoms with Crippen molar-refractivity contribution >= 4 is 0 Å². The number of aromatic hydroxyl groups is 1. The number of phenolic OH excluding ortho intramolecular Hbond substituents is 1. The third-order valence-corrected chi connectivity index (χ3v) is 6.93. The third-order valence-electron chi connectivity index (χ3n) is 6.93. The van der Waals surface area contributed by atoms with Gasteiger partial charge in [0.25, 0.3) is 0 Å². The van der Waals surface area contributed by atoms with E-state index in [0.29, 0.717) is 17.6 Å². The van der Waals surface area contributed by atoms with Crippen LogP contribution in [0.1, 0.15) is 120 Å². The fraction of sp³-hybridized carbons (Fsp3) is 0.760. The maximum absolute atomic E-state index is 10.8. The zero-order chi connectivity index (χ0) is 19.4. The molecule has 0 heterocycles. The molecule has 0 saturated heterocycles. The highest BCUT2D eigenvalue weighted by molar-refractivity contribution is 5.46. The van der Waals surface area contributed by atoms with Crippen LogP contribution in [0.15, 0.2) is 12.1 Å². The molecule has 0 aromatic heterocycles. The van der Waals surface area contributed by atoms with Crippen molar-refractivity contribution in [2.24, 2.45) is 0 Å². The first kappa shape index (κ1) is 20.7. The van der Waals surface area contributed by atoms with Crippen LogP contribution >= 0.6 is 0 Å². The zero-order valence-corrected chi connectivity index (χ0v) is 18.1. The predicted molar refractivity (Wildman–Crippen MR) is 116 cm³/mol. The average Bonchev–Trinajstić information content (AvgIpc) is 2.68. The molecule has 3 rings (SSSR count). The molecule has 152 valence electrons. The molecule has 2 saturated carbocycles. The van der Waals surface area contributed by atoms with Gasteiger partial charge < -0.3 is 5.11 Å². The summed E-state index contributed by atoms with van der Waals surface area (Å²) in [7, 11) is 0. The molecule has 2 aliphatic carbocycles. The minimum absolute atomic E-state index is 0.361. The quantitative estimate of drug-likeness (QED) is 0.576. The van der Waals surface area contributed by atoms with Gasteiger partial charge in [-0.15, -0.1) is 0 Å². The Kier molecular flexibility index (Phi) is 7.25. The molecule has 0 bridgehead atoms. The van der Waals surface area contributed by atoms with Gasteiger partial charge in [0.05, 0.1) is 0 Å². The molecule has 0 unspecified atom stereocenters. The van der Waals surface area contributed by atoms with Gasteiger partial charge in [-0.05, 0) is 54.2 Å². The summed E-state index contributed by atoms with van der Waals surface area (Å²) in [5.74, 6) is 1.26. The van der Waals surface area contributed by atoms with Crippen molar-refractivity contribution in [3.05, 3.63) is 28.8 Å². The maximum atomic E-state index is 10.8. The summed E-state index contributed by atoms with van der Waals surface area (Å²) in [6, 6.07) is 6.12. The second kappa shape index (κ2) is 9.45. The van der Waals surface area contributed by atoms with E-state index in [0.717, 1.165) is 29.8 Å². The van der Waals surface area contributed by atoms with Gasteiger partial charge in [0.1, 0.15) is 5.75 Å². The standard InChI is InChI=1S/C25H41NO/c1-18(2)23-15-20(16-24(19(3)4)25(23)27)17-26(21-11-7-5-8-12-21)22-13-9-6-10-14-22/h15-16,18-19,21-22,27H,5-14,17H2,1-4H3. The van der Waals surface area contributed by atoms with Gasteiger partial charge in [-0.1, -0.05) is 78.4 Å². The van der Waals surface area contributed by atoms with E-state index in [2.05, 4.69) is 44.7 Å². The minimum Gasteiger partial charge on any atom is -0.507 e. The van der Waals surface area contributed by atoms with Crippen molar-refractivity contribution in [3.8, 4) is 5.75 Å². The largest absolute Gasteiger partial charge is 0.507 e. The predicted octanol–water partition coefficient (Wildman–Crippen LogP) is 7.11. The van der Waals surface area contributed by atoms with Crippen LogP contribution < -0.4 is 0 Å². The Labute approximate surface area is 167 Å². The Bertz CT molecular complexity index is 547. The molecule has 1 aromatic rings. The van der Waals surface area contributed by atoms with Crippen molar-refractivity contribution in [1.82, 2.24) is 4.90 Å². The molecule has 1 N–H and O–H groups in total. The van der Waals surface area contributed by atoms with Gasteiger partial charge in [-0.25, -0.2) is 0 Å². The average molecular weight is 372 g/mol. The zero-order valence-electron chi connectivity index (χ0n) is 18.1. The van der Waals surface area contributed by atoms with Gasteiger partial charge in [0.15, 0.2) is 0 Å². The van der Waals surface area contributed by atoms with Crippen molar-refractivity contribution in [2.75, 3.05) is 0 Å². The highest BCUT2D eigenvalue weighted by Crippen LogP contribution is 2.37. The lowest BCUT2D eigenvalue weighted by atomic mass is 9.87. The van der Waals surface area contributed by atoms with Gasteiger partial charge in [0, 0.05) is 18.6 Å². The van der Waals surface area contributed by atoms with E-state index >= 15 is 0 Å². The van der Waals surface area contributed by atoms with Gasteiger partial charge in [-0.2, -0.15) is 0 Å². The second-order valence-corrected chi connectivity index (χ2v) is 9.69. The van der Waals surface area contributed by atoms with E-state index in [9.17, 15) is 5.11 Å². The summed E-state index contributed by atoms with van der Waals surface area (Å²) in [5, 5.41) is 10.8. The highest BCUT2D eigenvalue weighted by atomic mass is 16.3. The fourth-order valence-electron chi connectivity index (χ4n) is 5.31. The van der Waals surface area contributed by atoms with Crippen LogP contribution in [0.3, 0.4) is 0 Å². The minimum atomic E-state index is 0.361. The first-order valence-electron chi connectivity index (χ1n) is 11.6. The fourth-order valence-corrected chi connectivity index (χ4v) is 5.31. The topological polar surface area (TPSA) is 23.5 Å². The Morgan fingerprint density at radius 3 is 1.56 bits per heavy atom. The van der Waals surface area contributed by atoms with Gasteiger partial charge in [0.2, 0.25) is 0 Å². The maximum Gasteiger partial charge on any atom is 0.122 e. The van der Waals surface area contributed by atoms with E-state index in [1.54, 1.807) is 0 Å². The normalized spacial score (nSPS) is 20.1. The van der Waals surface area contributed by atoms with E-state index in [1.165, 1.54) is 69.8 Å². The number of hydrogen-bond donors (Lipinski definition) is 1. The molecule has 2 aliphatic rings. The van der Waals surface area contributed by atoms with Gasteiger partial charge in [-0.3, -0.25) is 4.90 Å². The third kappa shape index (κ3) is 5.08. The molecular weight excluding hydrogens is 330 g/mol. The lowest BCUT2D eigenvalue weighted by molar-refractivity contribution is 0.0730. The van der Waals surface area contributed by atoms with E-state index in [1.807, 2.05) is 0 Å². The van der Waals surface area contributed by atoms with Crippen LogP contribution in [0.4, 0.5) is 0 Å². The molecule has 27 heavy (non-hydrogen) atoms. The number of phenols is 1. The van der Waals surface area contributed by atoms with E-state index in [4.69, 9.17) is 0 Å². The molecule has 2 fully saturated rings. The van der Waals surface area contributed by atoms with Crippen LogP contribution in [0.2, 0.25) is 0 Å². The summed E-state index contributed by atoms with van der Waals surface area (Å²) in [4.78, 5) is 2.87. The molecule has 0 atom stereocenters. The summed E-state index contributed by atoms with van der Waals surface area (Å²) >= 11 is 0. The first-order valence-corrected chi connectivity index (χ1v) is 11.6. The number of hydrogen-bond acceptors (Lipinski definition) is 2. The molecule has 0 aliphatic heterocycles. The van der Waals surface area contributed by atoms with Crippen molar-refractivity contribution in [2.45, 2.75) is 122 Å². The Hall–Kier alpha value is -1.02. The van der Waals surface area contributed by atoms with Crippen LogP contribution in [-0.2, 0) is 6.54 Å². The van der Waals surface area contributed by atoms with Crippen molar-refractivity contribution in [3.63, 3.8) is 0 Å². The SMILES string of the molecule is CC(C)c1cc(CN(C2CCCCC2)C2CCCCC2)cc(C(C)C)c1O. The second-order valence-electron chi connectivity index (χ2n) is 9.69. The lowest BCUT2D eigenvalue weighted by Crippen LogP contribution is -2.44. The van der Waals surface area contributed by atoms with E-state index in [-0.39, 0.29) is 0 Å². The lowest BCUT2D eigenvalue weighted by Gasteiger charge is -2.42. The number of rotatable bonds is 6. The Balaban J connectivity index is 1.89. The summed E-state index contributed by atoms with van der Waals surface area (Å²) in [5.41, 5.74) is 3.67. The Morgan fingerprint density at radius 2 is 1.19 bits per heavy atom. The molecule has 0 radical (unpaired) electrons. The molecule has 0 amide bonds. The molecule has 2 heteroatoms. The van der Waals surface area contributed by atoms with Crippen LogP contribution in [-0.4, -0.2) is 22.1 Å². The number of nitrogens with zero attached hydrogens (tertiary/aromatic N) is 1. The smallest absolute Gasteiger partial charge is 0.122 e. The molecule has 2 nitrogen and oxygen atoms in total. The van der Waals surface area contributed by atoms with E-state index < -0.39 is 0 Å². The van der Waals surface area contributed by atoms with Crippen LogP contribution in [0, 0.1) is 0 Å². The van der Waals surface area contributed by atoms with Crippen molar-refractivity contribution in [1.29, 1.82) is 0 Å². The van der Waals surface area contributed by atoms with Crippen molar-refractivity contribution < 1.29 is 5.11 Å².